The zero-order valence-corrected chi connectivity index (χ0v) is 11.0. The third kappa shape index (κ3) is 2.53. The van der Waals surface area contributed by atoms with E-state index >= 15 is 0 Å². The molecule has 0 amide bonds. The van der Waals surface area contributed by atoms with Gasteiger partial charge in [-0.2, -0.15) is 0 Å². The summed E-state index contributed by atoms with van der Waals surface area (Å²) >= 11 is 0. The van der Waals surface area contributed by atoms with Gasteiger partial charge in [-0.1, -0.05) is 24.3 Å². The molecule has 0 aliphatic heterocycles. The van der Waals surface area contributed by atoms with Crippen molar-refractivity contribution in [2.45, 2.75) is 31.8 Å². The van der Waals surface area contributed by atoms with Crippen molar-refractivity contribution < 1.29 is 4.21 Å². The van der Waals surface area contributed by atoms with E-state index in [0.29, 0.717) is 5.03 Å². The van der Waals surface area contributed by atoms with Crippen molar-refractivity contribution >= 4 is 21.8 Å². The van der Waals surface area contributed by atoms with Crippen LogP contribution in [0.25, 0.3) is 10.8 Å². The van der Waals surface area contributed by atoms with E-state index in [0.717, 1.165) is 16.3 Å². The topological polar surface area (TPSA) is 42.0 Å². The van der Waals surface area contributed by atoms with Crippen molar-refractivity contribution in [1.82, 2.24) is 9.71 Å². The van der Waals surface area contributed by atoms with E-state index in [1.54, 1.807) is 6.20 Å². The fourth-order valence-corrected chi connectivity index (χ4v) is 2.79. The highest BCUT2D eigenvalue weighted by molar-refractivity contribution is 7.83. The van der Waals surface area contributed by atoms with Gasteiger partial charge in [0.15, 0.2) is 0 Å². The zero-order valence-electron chi connectivity index (χ0n) is 10.2. The molecule has 1 unspecified atom stereocenters. The van der Waals surface area contributed by atoms with E-state index in [9.17, 15) is 4.21 Å². The van der Waals surface area contributed by atoms with E-state index in [-0.39, 0.29) is 6.04 Å². The van der Waals surface area contributed by atoms with Gasteiger partial charge in [0.2, 0.25) is 0 Å². The van der Waals surface area contributed by atoms with Crippen LogP contribution in [0.1, 0.15) is 19.4 Å². The number of nitrogens with one attached hydrogen (secondary N) is 1. The first-order valence-corrected chi connectivity index (χ1v) is 6.77. The minimum Gasteiger partial charge on any atom is -0.245 e. The summed E-state index contributed by atoms with van der Waals surface area (Å²) in [5, 5.41) is 2.68. The van der Waals surface area contributed by atoms with Gasteiger partial charge in [0.05, 0.1) is 0 Å². The Morgan fingerprint density at radius 1 is 1.24 bits per heavy atom. The largest absolute Gasteiger partial charge is 0.245 e. The lowest BCUT2D eigenvalue weighted by molar-refractivity contribution is 0.653. The van der Waals surface area contributed by atoms with E-state index < -0.39 is 11.0 Å². The van der Waals surface area contributed by atoms with Crippen molar-refractivity contribution in [3.63, 3.8) is 0 Å². The maximum absolute atomic E-state index is 12.1. The van der Waals surface area contributed by atoms with Crippen molar-refractivity contribution in [3.8, 4) is 0 Å². The third-order valence-electron chi connectivity index (χ3n) is 2.48. The summed E-state index contributed by atoms with van der Waals surface area (Å²) < 4.78 is 15.1. The van der Waals surface area contributed by atoms with Gasteiger partial charge in [-0.05, 0) is 31.7 Å². The third-order valence-corrected chi connectivity index (χ3v) is 3.84. The Kier molecular flexibility index (Phi) is 3.54. The second-order valence-electron chi connectivity index (χ2n) is 4.33. The quantitative estimate of drug-likeness (QED) is 0.907. The summed E-state index contributed by atoms with van der Waals surface area (Å²) in [4.78, 5) is 4.30. The fraction of sp³-hybridized carbons (Fsp3) is 0.308. The first kappa shape index (κ1) is 12.2. The van der Waals surface area contributed by atoms with Crippen LogP contribution in [0.3, 0.4) is 0 Å². The van der Waals surface area contributed by atoms with Gasteiger partial charge in [-0.3, -0.25) is 0 Å². The van der Waals surface area contributed by atoms with Crippen molar-refractivity contribution in [2.24, 2.45) is 0 Å². The molecule has 0 aliphatic rings. The van der Waals surface area contributed by atoms with E-state index in [1.807, 2.05) is 45.0 Å². The highest BCUT2D eigenvalue weighted by Crippen LogP contribution is 2.22. The molecule has 2 rings (SSSR count). The van der Waals surface area contributed by atoms with Crippen molar-refractivity contribution in [3.05, 3.63) is 36.0 Å². The molecule has 90 valence electrons. The second kappa shape index (κ2) is 4.94. The van der Waals surface area contributed by atoms with Crippen LogP contribution in [0.2, 0.25) is 0 Å². The number of fused-ring (bicyclic) bond motifs is 1. The highest BCUT2D eigenvalue weighted by Gasteiger charge is 2.12. The maximum Gasteiger partial charge on any atom is 0.150 e. The minimum atomic E-state index is -1.26. The molecule has 3 nitrogen and oxygen atoms in total. The van der Waals surface area contributed by atoms with E-state index in [1.165, 1.54) is 0 Å². The molecule has 2 aromatic rings. The average molecular weight is 248 g/mol. The van der Waals surface area contributed by atoms with Gasteiger partial charge >= 0.3 is 0 Å². The molecule has 0 bridgehead atoms. The zero-order chi connectivity index (χ0) is 12.4. The maximum atomic E-state index is 12.1. The molecule has 17 heavy (non-hydrogen) atoms. The summed E-state index contributed by atoms with van der Waals surface area (Å²) in [6.07, 6.45) is 1.78. The molecule has 0 spiro atoms. The molecular formula is C13H16N2OS. The molecule has 1 aromatic carbocycles. The lowest BCUT2D eigenvalue weighted by Gasteiger charge is -2.10. The van der Waals surface area contributed by atoms with Crippen LogP contribution < -0.4 is 4.72 Å². The molecular weight excluding hydrogens is 232 g/mol. The Balaban J connectivity index is 2.55. The lowest BCUT2D eigenvalue weighted by atomic mass is 10.1. The molecule has 1 atom stereocenters. The number of nitrogens with zero attached hydrogens (tertiary/aromatic N) is 1. The van der Waals surface area contributed by atoms with Crippen LogP contribution in [0.4, 0.5) is 0 Å². The molecule has 1 N–H and O–H groups in total. The Bertz CT molecular complexity index is 566. The minimum absolute atomic E-state index is 0.165. The molecule has 0 radical (unpaired) electrons. The summed E-state index contributed by atoms with van der Waals surface area (Å²) in [7, 11) is -1.26. The molecule has 0 saturated carbocycles. The lowest BCUT2D eigenvalue weighted by Crippen LogP contribution is -2.25. The molecule has 1 aromatic heterocycles. The number of hydrogen-bond donors (Lipinski definition) is 1. The molecule has 0 fully saturated rings. The van der Waals surface area contributed by atoms with Gasteiger partial charge < -0.3 is 0 Å². The smallest absolute Gasteiger partial charge is 0.150 e. The Hall–Kier alpha value is -1.26. The Labute approximate surface area is 104 Å². The summed E-state index contributed by atoms with van der Waals surface area (Å²) in [5.41, 5.74) is 1.10. The molecule has 0 saturated heterocycles. The van der Waals surface area contributed by atoms with Crippen LogP contribution in [0, 0.1) is 6.92 Å². The first-order valence-electron chi connectivity index (χ1n) is 5.62. The fourth-order valence-electron chi connectivity index (χ4n) is 1.73. The predicted molar refractivity (Wildman–Crippen MR) is 71.2 cm³/mol. The number of benzene rings is 1. The Morgan fingerprint density at radius 3 is 2.53 bits per heavy atom. The van der Waals surface area contributed by atoms with E-state index in [2.05, 4.69) is 9.71 Å². The first-order chi connectivity index (χ1) is 8.09. The molecule has 1 heterocycles. The SMILES string of the molecule is Cc1cnc(S(=O)NC(C)C)c2ccccc12. The van der Waals surface area contributed by atoms with Crippen LogP contribution >= 0.6 is 0 Å². The highest BCUT2D eigenvalue weighted by atomic mass is 32.2. The second-order valence-corrected chi connectivity index (χ2v) is 5.49. The standard InChI is InChI=1S/C13H16N2OS/c1-9(2)15-17(16)13-12-7-5-4-6-11(12)10(3)8-14-13/h4-9,15H,1-3H3. The number of aromatic nitrogens is 1. The van der Waals surface area contributed by atoms with Crippen LogP contribution in [0.15, 0.2) is 35.5 Å². The summed E-state index contributed by atoms with van der Waals surface area (Å²) in [5.74, 6) is 0. The van der Waals surface area contributed by atoms with E-state index in [4.69, 9.17) is 0 Å². The summed E-state index contributed by atoms with van der Waals surface area (Å²) in [6.45, 7) is 5.94. The van der Waals surface area contributed by atoms with Crippen molar-refractivity contribution in [2.75, 3.05) is 0 Å². The number of hydrogen-bond acceptors (Lipinski definition) is 2. The normalized spacial score (nSPS) is 13.2. The molecule has 4 heteroatoms. The summed E-state index contributed by atoms with van der Waals surface area (Å²) in [6, 6.07) is 8.09. The average Bonchev–Trinajstić information content (AvgIpc) is 2.29. The number of rotatable bonds is 3. The number of aryl methyl sites for hydroxylation is 1. The van der Waals surface area contributed by atoms with Gasteiger partial charge in [0, 0.05) is 17.6 Å². The van der Waals surface area contributed by atoms with Crippen LogP contribution in [-0.4, -0.2) is 15.2 Å². The predicted octanol–water partition coefficient (Wildman–Crippen LogP) is 2.56. The van der Waals surface area contributed by atoms with Gasteiger partial charge in [-0.15, -0.1) is 0 Å². The van der Waals surface area contributed by atoms with Crippen LogP contribution in [-0.2, 0) is 11.0 Å². The van der Waals surface area contributed by atoms with Gasteiger partial charge in [-0.25, -0.2) is 13.9 Å². The van der Waals surface area contributed by atoms with Gasteiger partial charge in [0.1, 0.15) is 16.0 Å². The van der Waals surface area contributed by atoms with Crippen LogP contribution in [0.5, 0.6) is 0 Å². The monoisotopic (exact) mass is 248 g/mol. The van der Waals surface area contributed by atoms with Gasteiger partial charge in [0.25, 0.3) is 0 Å². The van der Waals surface area contributed by atoms with Crippen molar-refractivity contribution in [1.29, 1.82) is 0 Å². The molecule has 0 aliphatic carbocycles. The number of pyridine rings is 1. The Morgan fingerprint density at radius 2 is 1.88 bits per heavy atom.